The normalized spacial score (nSPS) is 20.9. The molecule has 0 bridgehead atoms. The van der Waals surface area contributed by atoms with Gasteiger partial charge in [0.15, 0.2) is 6.10 Å². The molecule has 1 atom stereocenters. The number of aromatic nitrogens is 2. The highest BCUT2D eigenvalue weighted by Gasteiger charge is 2.33. The van der Waals surface area contributed by atoms with Crippen molar-refractivity contribution >= 4 is 28.8 Å². The molecule has 7 nitrogen and oxygen atoms in total. The predicted molar refractivity (Wildman–Crippen MR) is 103 cm³/mol. The number of nitrogens with zero attached hydrogens (tertiary/aromatic N) is 4. The topological polar surface area (TPSA) is 75.6 Å². The van der Waals surface area contributed by atoms with Crippen molar-refractivity contribution in [2.75, 3.05) is 32.8 Å². The average Bonchev–Trinajstić information content (AvgIpc) is 2.90. The van der Waals surface area contributed by atoms with Gasteiger partial charge in [0.05, 0.1) is 24.4 Å². The van der Waals surface area contributed by atoms with Crippen LogP contribution in [0.25, 0.3) is 0 Å². The number of ether oxygens (including phenoxy) is 1. The van der Waals surface area contributed by atoms with Gasteiger partial charge < -0.3 is 14.5 Å². The summed E-state index contributed by atoms with van der Waals surface area (Å²) in [5, 5.41) is 0. The molecule has 3 rings (SSSR count). The van der Waals surface area contributed by atoms with Gasteiger partial charge in [0.2, 0.25) is 0 Å². The monoisotopic (exact) mass is 426 g/mol. The molecule has 1 aromatic heterocycles. The second kappa shape index (κ2) is 9.41. The zero-order valence-corrected chi connectivity index (χ0v) is 17.2. The van der Waals surface area contributed by atoms with Crippen LogP contribution in [-0.4, -0.2) is 70.5 Å². The third-order valence-electron chi connectivity index (χ3n) is 4.88. The molecule has 3 heterocycles. The highest BCUT2D eigenvalue weighted by atomic mass is 79.9. The highest BCUT2D eigenvalue weighted by molar-refractivity contribution is 8.93. The van der Waals surface area contributed by atoms with Gasteiger partial charge in [-0.3, -0.25) is 9.59 Å². The van der Waals surface area contributed by atoms with E-state index in [0.29, 0.717) is 36.8 Å². The van der Waals surface area contributed by atoms with Crippen LogP contribution in [0.1, 0.15) is 47.6 Å². The van der Waals surface area contributed by atoms with E-state index in [1.807, 2.05) is 11.8 Å². The lowest BCUT2D eigenvalue weighted by molar-refractivity contribution is -0.148. The van der Waals surface area contributed by atoms with Crippen molar-refractivity contribution in [2.24, 2.45) is 0 Å². The lowest BCUT2D eigenvalue weighted by atomic mass is 10.1. The van der Waals surface area contributed by atoms with Crippen LogP contribution in [0.4, 0.5) is 0 Å². The molecule has 0 aliphatic carbocycles. The Bertz CT molecular complexity index is 647. The summed E-state index contributed by atoms with van der Waals surface area (Å²) in [5.74, 6) is 0.524. The molecule has 1 unspecified atom stereocenters. The number of carbonyl (C=O) groups excluding carboxylic acids is 2. The molecule has 0 radical (unpaired) electrons. The first kappa shape index (κ1) is 20.8. The third kappa shape index (κ3) is 4.79. The molecule has 2 fully saturated rings. The van der Waals surface area contributed by atoms with Gasteiger partial charge in [0.1, 0.15) is 5.82 Å². The van der Waals surface area contributed by atoms with Crippen molar-refractivity contribution in [3.05, 3.63) is 23.3 Å². The molecular formula is C18H27BrN4O3. The van der Waals surface area contributed by atoms with E-state index in [2.05, 4.69) is 9.97 Å². The maximum Gasteiger partial charge on any atom is 0.257 e. The molecule has 0 spiro atoms. The number of hydrogen-bond acceptors (Lipinski definition) is 5. The van der Waals surface area contributed by atoms with Crippen molar-refractivity contribution in [1.29, 1.82) is 0 Å². The van der Waals surface area contributed by atoms with Gasteiger partial charge >= 0.3 is 0 Å². The second-order valence-electron chi connectivity index (χ2n) is 6.77. The Morgan fingerprint density at radius 1 is 1.08 bits per heavy atom. The Balaban J connectivity index is 0.00000243. The molecule has 0 N–H and O–H groups in total. The fraction of sp³-hybridized carbons (Fsp3) is 0.667. The summed E-state index contributed by atoms with van der Waals surface area (Å²) in [4.78, 5) is 37.5. The van der Waals surface area contributed by atoms with Crippen molar-refractivity contribution in [3.8, 4) is 0 Å². The molecule has 2 aliphatic rings. The van der Waals surface area contributed by atoms with Crippen LogP contribution in [0.3, 0.4) is 0 Å². The first-order valence-corrected chi connectivity index (χ1v) is 9.06. The third-order valence-corrected chi connectivity index (χ3v) is 4.88. The first-order chi connectivity index (χ1) is 12.1. The van der Waals surface area contributed by atoms with E-state index in [1.165, 1.54) is 12.8 Å². The van der Waals surface area contributed by atoms with Gasteiger partial charge in [-0.25, -0.2) is 9.97 Å². The molecule has 0 saturated carbocycles. The summed E-state index contributed by atoms with van der Waals surface area (Å²) in [6.07, 6.45) is 5.44. The number of carbonyl (C=O) groups is 2. The van der Waals surface area contributed by atoms with Crippen LogP contribution in [0.15, 0.2) is 6.20 Å². The fourth-order valence-corrected chi connectivity index (χ4v) is 3.44. The molecule has 2 saturated heterocycles. The van der Waals surface area contributed by atoms with Crippen molar-refractivity contribution in [2.45, 2.75) is 45.6 Å². The number of likely N-dealkylation sites (tertiary alicyclic amines) is 1. The number of rotatable bonds is 2. The lowest BCUT2D eigenvalue weighted by Gasteiger charge is -2.35. The van der Waals surface area contributed by atoms with E-state index in [9.17, 15) is 9.59 Å². The van der Waals surface area contributed by atoms with Crippen molar-refractivity contribution < 1.29 is 14.3 Å². The number of morpholine rings is 1. The number of hydrogen-bond donors (Lipinski definition) is 0. The number of aryl methyl sites for hydroxylation is 2. The minimum atomic E-state index is -0.567. The van der Waals surface area contributed by atoms with Crippen LogP contribution in [0, 0.1) is 13.8 Å². The molecule has 8 heteroatoms. The van der Waals surface area contributed by atoms with Gasteiger partial charge in [-0.2, -0.15) is 0 Å². The summed E-state index contributed by atoms with van der Waals surface area (Å²) >= 11 is 0. The minimum Gasteiger partial charge on any atom is -0.365 e. The average molecular weight is 427 g/mol. The highest BCUT2D eigenvalue weighted by Crippen LogP contribution is 2.16. The van der Waals surface area contributed by atoms with Gasteiger partial charge in [-0.05, 0) is 26.7 Å². The molecule has 144 valence electrons. The molecule has 2 amide bonds. The molecular weight excluding hydrogens is 400 g/mol. The van der Waals surface area contributed by atoms with E-state index in [1.54, 1.807) is 18.0 Å². The van der Waals surface area contributed by atoms with Gasteiger partial charge in [0.25, 0.3) is 11.8 Å². The maximum atomic E-state index is 12.8. The van der Waals surface area contributed by atoms with Crippen LogP contribution < -0.4 is 0 Å². The Morgan fingerprint density at radius 2 is 1.77 bits per heavy atom. The molecule has 0 aromatic carbocycles. The standard InChI is InChI=1S/C18H26N4O3.BrH/c1-13-15(11-19-14(2)20-13)17(23)22-9-10-25-16(12-22)18(24)21-7-5-3-4-6-8-21;/h11,16H,3-10,12H2,1-2H3;1H. The molecule has 26 heavy (non-hydrogen) atoms. The summed E-state index contributed by atoms with van der Waals surface area (Å²) in [6.45, 7) is 6.34. The van der Waals surface area contributed by atoms with E-state index < -0.39 is 6.10 Å². The van der Waals surface area contributed by atoms with E-state index in [0.717, 1.165) is 25.9 Å². The summed E-state index contributed by atoms with van der Waals surface area (Å²) in [5.41, 5.74) is 1.16. The Hall–Kier alpha value is -1.54. The van der Waals surface area contributed by atoms with Crippen LogP contribution in [0.5, 0.6) is 0 Å². The SMILES string of the molecule is Br.Cc1ncc(C(=O)N2CCOC(C(=O)N3CCCCCC3)C2)c(C)n1. The number of halogens is 1. The van der Waals surface area contributed by atoms with Gasteiger partial charge in [0, 0.05) is 25.8 Å². The van der Waals surface area contributed by atoms with E-state index in [4.69, 9.17) is 4.74 Å². The molecule has 1 aromatic rings. The predicted octanol–water partition coefficient (Wildman–Crippen LogP) is 1.91. The van der Waals surface area contributed by atoms with E-state index >= 15 is 0 Å². The zero-order chi connectivity index (χ0) is 17.8. The number of amides is 2. The zero-order valence-electron chi connectivity index (χ0n) is 15.4. The Morgan fingerprint density at radius 3 is 2.42 bits per heavy atom. The smallest absolute Gasteiger partial charge is 0.257 e. The quantitative estimate of drug-likeness (QED) is 0.721. The Labute approximate surface area is 164 Å². The van der Waals surface area contributed by atoms with Gasteiger partial charge in [-0.15, -0.1) is 17.0 Å². The van der Waals surface area contributed by atoms with Crippen molar-refractivity contribution in [1.82, 2.24) is 19.8 Å². The van der Waals surface area contributed by atoms with Crippen LogP contribution in [0.2, 0.25) is 0 Å². The fourth-order valence-electron chi connectivity index (χ4n) is 3.44. The maximum absolute atomic E-state index is 12.8. The van der Waals surface area contributed by atoms with Crippen LogP contribution in [-0.2, 0) is 9.53 Å². The summed E-state index contributed by atoms with van der Waals surface area (Å²) < 4.78 is 5.68. The van der Waals surface area contributed by atoms with Crippen LogP contribution >= 0.6 is 17.0 Å². The Kier molecular flexibility index (Phi) is 7.52. The molecule has 2 aliphatic heterocycles. The second-order valence-corrected chi connectivity index (χ2v) is 6.77. The lowest BCUT2D eigenvalue weighted by Crippen LogP contribution is -2.52. The largest absolute Gasteiger partial charge is 0.365 e. The van der Waals surface area contributed by atoms with E-state index in [-0.39, 0.29) is 28.8 Å². The minimum absolute atomic E-state index is 0. The summed E-state index contributed by atoms with van der Waals surface area (Å²) in [6, 6.07) is 0. The first-order valence-electron chi connectivity index (χ1n) is 9.06. The summed E-state index contributed by atoms with van der Waals surface area (Å²) in [7, 11) is 0. The van der Waals surface area contributed by atoms with Crippen molar-refractivity contribution in [3.63, 3.8) is 0 Å². The van der Waals surface area contributed by atoms with Gasteiger partial charge in [-0.1, -0.05) is 12.8 Å².